The molecule has 1 aromatic heterocycles. The fourth-order valence-electron chi connectivity index (χ4n) is 1.67. The van der Waals surface area contributed by atoms with Gasteiger partial charge in [0.2, 0.25) is 5.95 Å². The lowest BCUT2D eigenvalue weighted by atomic mass is 10.1. The Labute approximate surface area is 88.2 Å². The van der Waals surface area contributed by atoms with Crippen LogP contribution in [0.25, 0.3) is 0 Å². The maximum atomic E-state index is 5.81. The van der Waals surface area contributed by atoms with E-state index in [2.05, 4.69) is 20.4 Å². The number of ether oxygens (including phenoxy) is 1. The normalized spacial score (nSPS) is 24.2. The van der Waals surface area contributed by atoms with Crippen LogP contribution in [0.3, 0.4) is 0 Å². The van der Waals surface area contributed by atoms with E-state index in [4.69, 9.17) is 10.5 Å². The van der Waals surface area contributed by atoms with E-state index in [0.717, 1.165) is 19.0 Å². The Morgan fingerprint density at radius 3 is 3.00 bits per heavy atom. The van der Waals surface area contributed by atoms with E-state index < -0.39 is 0 Å². The van der Waals surface area contributed by atoms with Gasteiger partial charge in [-0.15, -0.1) is 0 Å². The second kappa shape index (κ2) is 4.11. The Morgan fingerprint density at radius 1 is 1.60 bits per heavy atom. The van der Waals surface area contributed by atoms with Gasteiger partial charge in [0.15, 0.2) is 0 Å². The molecule has 0 spiro atoms. The molecule has 1 saturated heterocycles. The lowest BCUT2D eigenvalue weighted by Gasteiger charge is -2.34. The molecule has 2 rings (SSSR count). The quantitative estimate of drug-likeness (QED) is 0.660. The molecule has 0 amide bonds. The second-order valence-electron chi connectivity index (χ2n) is 3.82. The van der Waals surface area contributed by atoms with Gasteiger partial charge in [-0.25, -0.2) is 4.68 Å². The molecule has 2 unspecified atom stereocenters. The summed E-state index contributed by atoms with van der Waals surface area (Å²) < 4.78 is 7.22. The van der Waals surface area contributed by atoms with Crippen LogP contribution in [0.4, 0.5) is 5.95 Å². The van der Waals surface area contributed by atoms with Crippen molar-refractivity contribution in [1.29, 1.82) is 0 Å². The molecular formula is C8H16N6O. The molecule has 2 N–H and O–H groups in total. The van der Waals surface area contributed by atoms with Crippen LogP contribution in [0.5, 0.6) is 0 Å². The van der Waals surface area contributed by atoms with E-state index in [0.29, 0.717) is 6.61 Å². The third-order valence-corrected chi connectivity index (χ3v) is 2.56. The number of anilines is 1. The molecule has 15 heavy (non-hydrogen) atoms. The molecule has 1 aromatic rings. The number of tetrazole rings is 1. The Balaban J connectivity index is 2.08. The first kappa shape index (κ1) is 10.3. The minimum atomic E-state index is 0.0222. The van der Waals surface area contributed by atoms with E-state index >= 15 is 0 Å². The van der Waals surface area contributed by atoms with Gasteiger partial charge in [0.25, 0.3) is 0 Å². The Hall–Kier alpha value is -1.21. The van der Waals surface area contributed by atoms with Crippen LogP contribution in [-0.2, 0) is 11.8 Å². The van der Waals surface area contributed by atoms with E-state index in [9.17, 15) is 0 Å². The van der Waals surface area contributed by atoms with E-state index in [-0.39, 0.29) is 12.1 Å². The molecule has 7 nitrogen and oxygen atoms in total. The monoisotopic (exact) mass is 212 g/mol. The number of hydrogen-bond donors (Lipinski definition) is 1. The van der Waals surface area contributed by atoms with Gasteiger partial charge >= 0.3 is 0 Å². The van der Waals surface area contributed by atoms with Crippen molar-refractivity contribution in [3.63, 3.8) is 0 Å². The highest BCUT2D eigenvalue weighted by atomic mass is 16.5. The highest BCUT2D eigenvalue weighted by molar-refractivity contribution is 5.28. The van der Waals surface area contributed by atoms with Crippen molar-refractivity contribution >= 4 is 5.95 Å². The topological polar surface area (TPSA) is 82.1 Å². The smallest absolute Gasteiger partial charge is 0.245 e. The molecule has 0 aliphatic carbocycles. The predicted molar refractivity (Wildman–Crippen MR) is 54.4 cm³/mol. The summed E-state index contributed by atoms with van der Waals surface area (Å²) in [6, 6.07) is 0.0222. The second-order valence-corrected chi connectivity index (χ2v) is 3.82. The Morgan fingerprint density at radius 2 is 2.40 bits per heavy atom. The van der Waals surface area contributed by atoms with E-state index in [1.165, 1.54) is 0 Å². The SMILES string of the molecule is CC(N)C1CN(c2nnnn2C)CCO1. The molecule has 0 aromatic carbocycles. The van der Waals surface area contributed by atoms with Gasteiger partial charge in [0.1, 0.15) is 0 Å². The van der Waals surface area contributed by atoms with Gasteiger partial charge in [0, 0.05) is 26.2 Å². The fraction of sp³-hybridized carbons (Fsp3) is 0.875. The van der Waals surface area contributed by atoms with Crippen LogP contribution in [0.1, 0.15) is 6.92 Å². The maximum absolute atomic E-state index is 5.81. The predicted octanol–water partition coefficient (Wildman–Crippen LogP) is -1.24. The summed E-state index contributed by atoms with van der Waals surface area (Å²) in [5.41, 5.74) is 5.81. The zero-order chi connectivity index (χ0) is 10.8. The summed E-state index contributed by atoms with van der Waals surface area (Å²) in [5.74, 6) is 0.768. The van der Waals surface area contributed by atoms with Crippen molar-refractivity contribution in [2.45, 2.75) is 19.1 Å². The van der Waals surface area contributed by atoms with Crippen LogP contribution in [0, 0.1) is 0 Å². The summed E-state index contributed by atoms with van der Waals surface area (Å²) in [7, 11) is 1.83. The number of nitrogens with zero attached hydrogens (tertiary/aromatic N) is 5. The van der Waals surface area contributed by atoms with Gasteiger partial charge < -0.3 is 15.4 Å². The third-order valence-electron chi connectivity index (χ3n) is 2.56. The van der Waals surface area contributed by atoms with Crippen molar-refractivity contribution in [1.82, 2.24) is 20.2 Å². The number of hydrogen-bond acceptors (Lipinski definition) is 6. The van der Waals surface area contributed by atoms with Crippen LogP contribution >= 0.6 is 0 Å². The van der Waals surface area contributed by atoms with Crippen LogP contribution < -0.4 is 10.6 Å². The minimum absolute atomic E-state index is 0.0222. The third kappa shape index (κ3) is 2.07. The molecule has 1 aliphatic heterocycles. The Bertz CT molecular complexity index is 325. The number of nitrogens with two attached hydrogens (primary N) is 1. The zero-order valence-corrected chi connectivity index (χ0v) is 9.00. The molecule has 0 bridgehead atoms. The standard InChI is InChI=1S/C8H16N6O/c1-6(9)7-5-14(3-4-15-7)8-10-11-12-13(8)2/h6-7H,3-5,9H2,1-2H3. The molecule has 7 heteroatoms. The van der Waals surface area contributed by atoms with Crippen molar-refractivity contribution in [3.05, 3.63) is 0 Å². The maximum Gasteiger partial charge on any atom is 0.245 e. The van der Waals surface area contributed by atoms with E-state index in [1.807, 2.05) is 14.0 Å². The highest BCUT2D eigenvalue weighted by Gasteiger charge is 2.25. The first-order valence-electron chi connectivity index (χ1n) is 5.03. The van der Waals surface area contributed by atoms with Gasteiger partial charge in [-0.05, 0) is 17.4 Å². The van der Waals surface area contributed by atoms with Gasteiger partial charge in [0.05, 0.1) is 12.7 Å². The molecular weight excluding hydrogens is 196 g/mol. The summed E-state index contributed by atoms with van der Waals surface area (Å²) in [6.07, 6.45) is 0.0513. The van der Waals surface area contributed by atoms with Crippen LogP contribution in [-0.4, -0.2) is 52.0 Å². The number of morpholine rings is 1. The van der Waals surface area contributed by atoms with Crippen LogP contribution in [0.15, 0.2) is 0 Å². The van der Waals surface area contributed by atoms with Crippen molar-refractivity contribution in [3.8, 4) is 0 Å². The number of aryl methyl sites for hydroxylation is 1. The first-order chi connectivity index (χ1) is 7.18. The largest absolute Gasteiger partial charge is 0.373 e. The summed E-state index contributed by atoms with van der Waals surface area (Å²) in [5, 5.41) is 11.4. The van der Waals surface area contributed by atoms with Gasteiger partial charge in [-0.1, -0.05) is 5.10 Å². The van der Waals surface area contributed by atoms with E-state index in [1.54, 1.807) is 4.68 Å². The molecule has 84 valence electrons. The van der Waals surface area contributed by atoms with Crippen molar-refractivity contribution in [2.24, 2.45) is 12.8 Å². The minimum Gasteiger partial charge on any atom is -0.373 e. The summed E-state index contributed by atoms with van der Waals surface area (Å²) >= 11 is 0. The summed E-state index contributed by atoms with van der Waals surface area (Å²) in [6.45, 7) is 4.16. The zero-order valence-electron chi connectivity index (χ0n) is 9.00. The molecule has 0 saturated carbocycles. The Kier molecular flexibility index (Phi) is 2.83. The average molecular weight is 212 g/mol. The molecule has 1 aliphatic rings. The van der Waals surface area contributed by atoms with Gasteiger partial charge in [-0.3, -0.25) is 0 Å². The van der Waals surface area contributed by atoms with Crippen molar-refractivity contribution < 1.29 is 4.74 Å². The lowest BCUT2D eigenvalue weighted by molar-refractivity contribution is 0.0268. The molecule has 0 radical (unpaired) electrons. The summed E-state index contributed by atoms with van der Waals surface area (Å²) in [4.78, 5) is 2.09. The number of aromatic nitrogens is 4. The van der Waals surface area contributed by atoms with Crippen LogP contribution in [0.2, 0.25) is 0 Å². The fourth-order valence-corrected chi connectivity index (χ4v) is 1.67. The molecule has 1 fully saturated rings. The average Bonchev–Trinajstić information content (AvgIpc) is 2.64. The van der Waals surface area contributed by atoms with Gasteiger partial charge in [-0.2, -0.15) is 0 Å². The van der Waals surface area contributed by atoms with Crippen molar-refractivity contribution in [2.75, 3.05) is 24.6 Å². The lowest BCUT2D eigenvalue weighted by Crippen LogP contribution is -2.50. The molecule has 2 atom stereocenters. The highest BCUT2D eigenvalue weighted by Crippen LogP contribution is 2.13. The molecule has 2 heterocycles. The number of rotatable bonds is 2. The first-order valence-corrected chi connectivity index (χ1v) is 5.03.